The van der Waals surface area contributed by atoms with E-state index in [0.717, 1.165) is 12.8 Å². The van der Waals surface area contributed by atoms with Crippen LogP contribution in [0.4, 0.5) is 0 Å². The van der Waals surface area contributed by atoms with E-state index in [1.54, 1.807) is 12.1 Å². The molecule has 1 N–H and O–H groups in total. The van der Waals surface area contributed by atoms with Crippen LogP contribution in [-0.2, 0) is 0 Å². The van der Waals surface area contributed by atoms with E-state index in [2.05, 4.69) is 6.92 Å². The predicted octanol–water partition coefficient (Wildman–Crippen LogP) is 5.49. The van der Waals surface area contributed by atoms with E-state index in [9.17, 15) is 9.59 Å². The number of aromatic carboxylic acids is 1. The molecule has 122 valence electrons. The van der Waals surface area contributed by atoms with Gasteiger partial charge in [-0.1, -0.05) is 70.4 Å². The average molecular weight is 304 g/mol. The van der Waals surface area contributed by atoms with Gasteiger partial charge in [0.15, 0.2) is 5.78 Å². The van der Waals surface area contributed by atoms with E-state index in [0.29, 0.717) is 12.0 Å². The summed E-state index contributed by atoms with van der Waals surface area (Å²) in [4.78, 5) is 22.7. The Balaban J connectivity index is 2.12. The number of carbonyl (C=O) groups excluding carboxylic acids is 1. The lowest BCUT2D eigenvalue weighted by Crippen LogP contribution is -2.01. The molecule has 0 aromatic heterocycles. The molecule has 22 heavy (non-hydrogen) atoms. The summed E-state index contributed by atoms with van der Waals surface area (Å²) >= 11 is 0. The Kier molecular flexibility index (Phi) is 9.20. The summed E-state index contributed by atoms with van der Waals surface area (Å²) in [6, 6.07) is 6.21. The number of Topliss-reactive ketones (excluding diaryl/α,β-unsaturated/α-hetero) is 1. The van der Waals surface area contributed by atoms with E-state index >= 15 is 0 Å². The lowest BCUT2D eigenvalue weighted by molar-refractivity contribution is 0.0696. The molecule has 0 aliphatic heterocycles. The van der Waals surface area contributed by atoms with Gasteiger partial charge in [-0.25, -0.2) is 4.79 Å². The Morgan fingerprint density at radius 2 is 1.23 bits per heavy atom. The third kappa shape index (κ3) is 7.39. The van der Waals surface area contributed by atoms with Crippen molar-refractivity contribution in [2.45, 2.75) is 71.1 Å². The fourth-order valence-electron chi connectivity index (χ4n) is 2.54. The summed E-state index contributed by atoms with van der Waals surface area (Å²) < 4.78 is 0. The van der Waals surface area contributed by atoms with Crippen molar-refractivity contribution in [3.8, 4) is 0 Å². The minimum Gasteiger partial charge on any atom is -0.478 e. The van der Waals surface area contributed by atoms with Gasteiger partial charge in [0.2, 0.25) is 0 Å². The van der Waals surface area contributed by atoms with Crippen molar-refractivity contribution in [3.05, 3.63) is 35.4 Å². The van der Waals surface area contributed by atoms with Crippen LogP contribution in [0.25, 0.3) is 0 Å². The van der Waals surface area contributed by atoms with Crippen LogP contribution in [0.15, 0.2) is 24.3 Å². The molecule has 0 bridgehead atoms. The molecule has 0 saturated carbocycles. The second-order valence-corrected chi connectivity index (χ2v) is 5.88. The molecule has 0 aliphatic carbocycles. The summed E-state index contributed by atoms with van der Waals surface area (Å²) in [5.41, 5.74) is 0.837. The standard InChI is InChI=1S/C19H28O3/c1-2-3-4-5-6-7-8-9-10-11-18(20)16-12-14-17(15-13-16)19(21)22/h12-15H,2-11H2,1H3,(H,21,22). The van der Waals surface area contributed by atoms with Crippen LogP contribution < -0.4 is 0 Å². The molecule has 0 atom stereocenters. The highest BCUT2D eigenvalue weighted by Gasteiger charge is 2.07. The number of rotatable bonds is 12. The van der Waals surface area contributed by atoms with Crippen LogP contribution in [0.1, 0.15) is 91.8 Å². The molecule has 1 aromatic rings. The molecule has 0 unspecified atom stereocenters. The van der Waals surface area contributed by atoms with Crippen molar-refractivity contribution in [1.82, 2.24) is 0 Å². The maximum Gasteiger partial charge on any atom is 0.335 e. The molecule has 0 fully saturated rings. The van der Waals surface area contributed by atoms with Crippen molar-refractivity contribution in [2.24, 2.45) is 0 Å². The van der Waals surface area contributed by atoms with Gasteiger partial charge in [-0.05, 0) is 18.6 Å². The smallest absolute Gasteiger partial charge is 0.335 e. The highest BCUT2D eigenvalue weighted by molar-refractivity contribution is 5.97. The molecule has 1 aromatic carbocycles. The van der Waals surface area contributed by atoms with Gasteiger partial charge in [0, 0.05) is 12.0 Å². The summed E-state index contributed by atoms with van der Waals surface area (Å²) in [6.45, 7) is 2.23. The quantitative estimate of drug-likeness (QED) is 0.410. The van der Waals surface area contributed by atoms with Crippen LogP contribution in [0.3, 0.4) is 0 Å². The van der Waals surface area contributed by atoms with Gasteiger partial charge >= 0.3 is 5.97 Å². The minimum absolute atomic E-state index is 0.111. The first kappa shape index (κ1) is 18.4. The summed E-state index contributed by atoms with van der Waals surface area (Å²) in [5, 5.41) is 8.82. The Morgan fingerprint density at radius 3 is 1.73 bits per heavy atom. The zero-order valence-electron chi connectivity index (χ0n) is 13.6. The fraction of sp³-hybridized carbons (Fsp3) is 0.579. The van der Waals surface area contributed by atoms with Crippen molar-refractivity contribution < 1.29 is 14.7 Å². The molecular formula is C19H28O3. The second-order valence-electron chi connectivity index (χ2n) is 5.88. The first-order valence-electron chi connectivity index (χ1n) is 8.51. The maximum absolute atomic E-state index is 12.0. The van der Waals surface area contributed by atoms with Gasteiger partial charge in [0.1, 0.15) is 0 Å². The van der Waals surface area contributed by atoms with Crippen LogP contribution in [0, 0.1) is 0 Å². The summed E-state index contributed by atoms with van der Waals surface area (Å²) in [7, 11) is 0. The zero-order chi connectivity index (χ0) is 16.2. The molecule has 1 rings (SSSR count). The number of ketones is 1. The number of hydrogen-bond donors (Lipinski definition) is 1. The van der Waals surface area contributed by atoms with E-state index in [-0.39, 0.29) is 11.3 Å². The number of carboxylic acids is 1. The molecule has 3 heteroatoms. The van der Waals surface area contributed by atoms with Crippen molar-refractivity contribution in [2.75, 3.05) is 0 Å². The number of hydrogen-bond acceptors (Lipinski definition) is 2. The topological polar surface area (TPSA) is 54.4 Å². The summed E-state index contributed by atoms with van der Waals surface area (Å²) in [5.74, 6) is -0.849. The average Bonchev–Trinajstić information content (AvgIpc) is 2.53. The third-order valence-electron chi connectivity index (χ3n) is 3.96. The molecule has 3 nitrogen and oxygen atoms in total. The van der Waals surface area contributed by atoms with Gasteiger partial charge in [0.25, 0.3) is 0 Å². The van der Waals surface area contributed by atoms with Crippen LogP contribution >= 0.6 is 0 Å². The molecule has 0 heterocycles. The van der Waals surface area contributed by atoms with Gasteiger partial charge in [-0.3, -0.25) is 4.79 Å². The Hall–Kier alpha value is -1.64. The Morgan fingerprint density at radius 1 is 0.773 bits per heavy atom. The molecule has 0 aliphatic rings. The van der Waals surface area contributed by atoms with Crippen LogP contribution in [0.2, 0.25) is 0 Å². The highest BCUT2D eigenvalue weighted by Crippen LogP contribution is 2.13. The van der Waals surface area contributed by atoms with E-state index in [1.165, 1.54) is 57.1 Å². The van der Waals surface area contributed by atoms with Crippen molar-refractivity contribution in [1.29, 1.82) is 0 Å². The van der Waals surface area contributed by atoms with Crippen molar-refractivity contribution in [3.63, 3.8) is 0 Å². The van der Waals surface area contributed by atoms with Crippen LogP contribution in [-0.4, -0.2) is 16.9 Å². The fourth-order valence-corrected chi connectivity index (χ4v) is 2.54. The monoisotopic (exact) mass is 304 g/mol. The minimum atomic E-state index is -0.960. The second kappa shape index (κ2) is 11.0. The van der Waals surface area contributed by atoms with Crippen molar-refractivity contribution >= 4 is 11.8 Å². The maximum atomic E-state index is 12.0. The molecule has 0 radical (unpaired) electrons. The molecular weight excluding hydrogens is 276 g/mol. The van der Waals surface area contributed by atoms with Gasteiger partial charge in [-0.15, -0.1) is 0 Å². The molecule has 0 spiro atoms. The number of carboxylic acid groups (broad SMARTS) is 1. The number of unbranched alkanes of at least 4 members (excludes halogenated alkanes) is 8. The zero-order valence-corrected chi connectivity index (χ0v) is 13.6. The highest BCUT2D eigenvalue weighted by atomic mass is 16.4. The van der Waals surface area contributed by atoms with E-state index in [4.69, 9.17) is 5.11 Å². The SMILES string of the molecule is CCCCCCCCCCCC(=O)c1ccc(C(=O)O)cc1. The van der Waals surface area contributed by atoms with Crippen LogP contribution in [0.5, 0.6) is 0 Å². The first-order valence-corrected chi connectivity index (χ1v) is 8.51. The van der Waals surface area contributed by atoms with E-state index in [1.807, 2.05) is 0 Å². The first-order chi connectivity index (χ1) is 10.6. The number of benzene rings is 1. The number of carbonyl (C=O) groups is 2. The summed E-state index contributed by atoms with van der Waals surface area (Å²) in [6.07, 6.45) is 11.7. The molecule has 0 amide bonds. The van der Waals surface area contributed by atoms with Gasteiger partial charge in [-0.2, -0.15) is 0 Å². The lowest BCUT2D eigenvalue weighted by atomic mass is 10.0. The Bertz CT molecular complexity index is 448. The van der Waals surface area contributed by atoms with Gasteiger partial charge in [0.05, 0.1) is 5.56 Å². The molecule has 0 saturated heterocycles. The normalized spacial score (nSPS) is 10.6. The Labute approximate surface area is 133 Å². The van der Waals surface area contributed by atoms with E-state index < -0.39 is 5.97 Å². The lowest BCUT2D eigenvalue weighted by Gasteiger charge is -2.03. The largest absolute Gasteiger partial charge is 0.478 e. The third-order valence-corrected chi connectivity index (χ3v) is 3.96. The predicted molar refractivity (Wildman–Crippen MR) is 89.6 cm³/mol. The van der Waals surface area contributed by atoms with Gasteiger partial charge < -0.3 is 5.11 Å².